The Morgan fingerprint density at radius 2 is 1.86 bits per heavy atom. The Labute approximate surface area is 158 Å². The fourth-order valence-corrected chi connectivity index (χ4v) is 2.89. The summed E-state index contributed by atoms with van der Waals surface area (Å²) in [5, 5.41) is 9.38. The van der Waals surface area contributed by atoms with E-state index in [1.807, 2.05) is 0 Å². The molecule has 0 radical (unpaired) electrons. The van der Waals surface area contributed by atoms with Crippen molar-refractivity contribution in [2.24, 2.45) is 0 Å². The van der Waals surface area contributed by atoms with Gasteiger partial charge in [-0.3, -0.25) is 9.78 Å². The number of urea groups is 1. The van der Waals surface area contributed by atoms with Gasteiger partial charge < -0.3 is 14.7 Å². The fourth-order valence-electron chi connectivity index (χ4n) is 2.89. The maximum Gasteiger partial charge on any atom is 0.573 e. The minimum Gasteiger partial charge on any atom is -0.406 e. The van der Waals surface area contributed by atoms with Gasteiger partial charge in [0.05, 0.1) is 24.5 Å². The van der Waals surface area contributed by atoms with Gasteiger partial charge in [0.1, 0.15) is 11.8 Å². The lowest BCUT2D eigenvalue weighted by Gasteiger charge is -2.20. The molecule has 0 aliphatic carbocycles. The number of carbonyl (C=O) groups is 2. The number of aliphatic hydroxyl groups excluding tert-OH is 1. The smallest absolute Gasteiger partial charge is 0.406 e. The van der Waals surface area contributed by atoms with Crippen LogP contribution in [-0.4, -0.2) is 39.3 Å². The summed E-state index contributed by atoms with van der Waals surface area (Å²) >= 11 is 0. The van der Waals surface area contributed by atoms with Gasteiger partial charge in [-0.1, -0.05) is 6.07 Å². The highest BCUT2D eigenvalue weighted by Gasteiger charge is 2.43. The van der Waals surface area contributed by atoms with Crippen molar-refractivity contribution < 1.29 is 32.6 Å². The van der Waals surface area contributed by atoms with E-state index in [1.165, 1.54) is 23.2 Å². The molecule has 10 heteroatoms. The Hall–Kier alpha value is -3.14. The number of carbonyl (C=O) groups excluding carboxylic acids is 2. The van der Waals surface area contributed by atoms with Crippen molar-refractivity contribution in [2.75, 3.05) is 4.90 Å². The molecule has 1 aromatic heterocycles. The molecular formula is C18H16F3N3O4. The number of nitrogens with zero attached hydrogens (tertiary/aromatic N) is 3. The summed E-state index contributed by atoms with van der Waals surface area (Å²) in [6.45, 7) is 1.29. The lowest BCUT2D eigenvalue weighted by atomic mass is 10.1. The van der Waals surface area contributed by atoms with Crippen LogP contribution in [0, 0.1) is 0 Å². The van der Waals surface area contributed by atoms with E-state index >= 15 is 0 Å². The highest BCUT2D eigenvalue weighted by Crippen LogP contribution is 2.30. The summed E-state index contributed by atoms with van der Waals surface area (Å²) in [4.78, 5) is 31.6. The molecule has 1 saturated heterocycles. The molecule has 1 aliphatic rings. The monoisotopic (exact) mass is 395 g/mol. The molecule has 0 spiro atoms. The van der Waals surface area contributed by atoms with Gasteiger partial charge in [0.25, 0.3) is 5.91 Å². The largest absolute Gasteiger partial charge is 0.573 e. The van der Waals surface area contributed by atoms with Crippen LogP contribution < -0.4 is 9.64 Å². The maximum absolute atomic E-state index is 12.8. The summed E-state index contributed by atoms with van der Waals surface area (Å²) in [6, 6.07) is 6.41. The Balaban J connectivity index is 1.82. The summed E-state index contributed by atoms with van der Waals surface area (Å²) in [5.41, 5.74) is 1.11. The molecule has 1 fully saturated rings. The van der Waals surface area contributed by atoms with E-state index in [0.29, 0.717) is 11.3 Å². The van der Waals surface area contributed by atoms with E-state index in [1.54, 1.807) is 19.1 Å². The third-order valence-electron chi connectivity index (χ3n) is 4.29. The second kappa shape index (κ2) is 7.47. The number of benzene rings is 1. The highest BCUT2D eigenvalue weighted by atomic mass is 19.4. The first-order chi connectivity index (χ1) is 13.2. The van der Waals surface area contributed by atoms with Crippen LogP contribution in [0.3, 0.4) is 0 Å². The average molecular weight is 395 g/mol. The molecular weight excluding hydrogens is 379 g/mol. The first-order valence-corrected chi connectivity index (χ1v) is 8.25. The maximum atomic E-state index is 12.8. The van der Waals surface area contributed by atoms with Crippen LogP contribution in [0.2, 0.25) is 0 Å². The second-order valence-corrected chi connectivity index (χ2v) is 6.07. The van der Waals surface area contributed by atoms with Crippen LogP contribution in [0.4, 0.5) is 23.7 Å². The van der Waals surface area contributed by atoms with Gasteiger partial charge in [0.15, 0.2) is 0 Å². The average Bonchev–Trinajstić information content (AvgIpc) is 2.85. The van der Waals surface area contributed by atoms with E-state index < -0.39 is 30.1 Å². The molecule has 1 N–H and O–H groups in total. The van der Waals surface area contributed by atoms with Crippen molar-refractivity contribution >= 4 is 17.6 Å². The predicted octanol–water partition coefficient (Wildman–Crippen LogP) is 2.83. The molecule has 1 atom stereocenters. The topological polar surface area (TPSA) is 83.0 Å². The number of aromatic nitrogens is 1. The van der Waals surface area contributed by atoms with E-state index in [9.17, 15) is 27.9 Å². The number of halogens is 3. The summed E-state index contributed by atoms with van der Waals surface area (Å²) in [7, 11) is 0. The zero-order chi connectivity index (χ0) is 20.5. The third kappa shape index (κ3) is 3.91. The standard InChI is InChI=1S/C18H16F3N3O4/c1-11-16(26)24(13-4-6-14(7-5-13)28-18(19,20)21)17(27)23(11)9-12-3-2-8-22-15(12)10-25/h2-8,11,25H,9-10H2,1H3. The van der Waals surface area contributed by atoms with Gasteiger partial charge >= 0.3 is 12.4 Å². The van der Waals surface area contributed by atoms with Crippen LogP contribution in [0.25, 0.3) is 0 Å². The van der Waals surface area contributed by atoms with Crippen LogP contribution in [0.5, 0.6) is 5.75 Å². The Morgan fingerprint density at radius 1 is 1.18 bits per heavy atom. The summed E-state index contributed by atoms with van der Waals surface area (Å²) < 4.78 is 40.6. The molecule has 0 bridgehead atoms. The Bertz CT molecular complexity index is 886. The van der Waals surface area contributed by atoms with Gasteiger partial charge in [0.2, 0.25) is 0 Å². The minimum absolute atomic E-state index is 0.0568. The number of alkyl halides is 3. The van der Waals surface area contributed by atoms with Gasteiger partial charge in [-0.15, -0.1) is 13.2 Å². The van der Waals surface area contributed by atoms with Crippen molar-refractivity contribution in [3.63, 3.8) is 0 Å². The van der Waals surface area contributed by atoms with Crippen LogP contribution in [0.15, 0.2) is 42.6 Å². The van der Waals surface area contributed by atoms with Gasteiger partial charge in [-0.25, -0.2) is 9.69 Å². The number of pyridine rings is 1. The predicted molar refractivity (Wildman–Crippen MR) is 91.2 cm³/mol. The SMILES string of the molecule is CC1C(=O)N(c2ccc(OC(F)(F)F)cc2)C(=O)N1Cc1cccnc1CO. The van der Waals surface area contributed by atoms with Crippen molar-refractivity contribution in [1.82, 2.24) is 9.88 Å². The van der Waals surface area contributed by atoms with Gasteiger partial charge in [0, 0.05) is 6.20 Å². The number of ether oxygens (including phenoxy) is 1. The molecule has 1 unspecified atom stereocenters. The molecule has 148 valence electrons. The molecule has 3 rings (SSSR count). The normalized spacial score (nSPS) is 17.4. The summed E-state index contributed by atoms with van der Waals surface area (Å²) in [5.74, 6) is -0.966. The number of aliphatic hydroxyl groups is 1. The molecule has 3 amide bonds. The number of hydrogen-bond donors (Lipinski definition) is 1. The third-order valence-corrected chi connectivity index (χ3v) is 4.29. The number of imide groups is 1. The van der Waals surface area contributed by atoms with E-state index in [0.717, 1.165) is 17.0 Å². The van der Waals surface area contributed by atoms with Crippen LogP contribution >= 0.6 is 0 Å². The number of amides is 3. The lowest BCUT2D eigenvalue weighted by Crippen LogP contribution is -2.33. The lowest BCUT2D eigenvalue weighted by molar-refractivity contribution is -0.274. The minimum atomic E-state index is -4.83. The highest BCUT2D eigenvalue weighted by molar-refractivity contribution is 6.21. The molecule has 1 aromatic carbocycles. The second-order valence-electron chi connectivity index (χ2n) is 6.07. The first kappa shape index (κ1) is 19.6. The van der Waals surface area contributed by atoms with Gasteiger partial charge in [-0.05, 0) is 42.8 Å². The molecule has 0 saturated carbocycles. The van der Waals surface area contributed by atoms with Crippen molar-refractivity contribution in [1.29, 1.82) is 0 Å². The number of rotatable bonds is 5. The van der Waals surface area contributed by atoms with E-state index in [-0.39, 0.29) is 18.8 Å². The number of hydrogen-bond acceptors (Lipinski definition) is 5. The van der Waals surface area contributed by atoms with Crippen molar-refractivity contribution in [3.8, 4) is 5.75 Å². The molecule has 28 heavy (non-hydrogen) atoms. The Kier molecular flexibility index (Phi) is 5.23. The molecule has 7 nitrogen and oxygen atoms in total. The van der Waals surface area contributed by atoms with Crippen molar-refractivity contribution in [3.05, 3.63) is 53.9 Å². The van der Waals surface area contributed by atoms with E-state index in [2.05, 4.69) is 9.72 Å². The quantitative estimate of drug-likeness (QED) is 0.788. The summed E-state index contributed by atoms with van der Waals surface area (Å²) in [6.07, 6.45) is -3.33. The fraction of sp³-hybridized carbons (Fsp3) is 0.278. The van der Waals surface area contributed by atoms with Gasteiger partial charge in [-0.2, -0.15) is 0 Å². The number of anilines is 1. The molecule has 2 aromatic rings. The zero-order valence-corrected chi connectivity index (χ0v) is 14.7. The first-order valence-electron chi connectivity index (χ1n) is 8.25. The van der Waals surface area contributed by atoms with E-state index in [4.69, 9.17) is 0 Å². The molecule has 2 heterocycles. The zero-order valence-electron chi connectivity index (χ0n) is 14.7. The van der Waals surface area contributed by atoms with Crippen molar-refractivity contribution in [2.45, 2.75) is 32.5 Å². The van der Waals surface area contributed by atoms with Crippen LogP contribution in [-0.2, 0) is 17.9 Å². The molecule has 1 aliphatic heterocycles. The Morgan fingerprint density at radius 3 is 2.46 bits per heavy atom. The van der Waals surface area contributed by atoms with Crippen LogP contribution in [0.1, 0.15) is 18.2 Å².